The van der Waals surface area contributed by atoms with E-state index in [0.29, 0.717) is 19.4 Å². The summed E-state index contributed by atoms with van der Waals surface area (Å²) >= 11 is 0. The number of nitrogens with zero attached hydrogens (tertiary/aromatic N) is 1. The number of nitrogens with one attached hydrogen (secondary N) is 1. The fourth-order valence-corrected chi connectivity index (χ4v) is 5.05. The third-order valence-electron chi connectivity index (χ3n) is 4.65. The van der Waals surface area contributed by atoms with E-state index >= 15 is 0 Å². The highest BCUT2D eigenvalue weighted by Crippen LogP contribution is 2.21. The molecule has 1 unspecified atom stereocenters. The molecule has 2 saturated heterocycles. The first-order valence-electron chi connectivity index (χ1n) is 8.14. The minimum Gasteiger partial charge on any atom is -0.356 e. The third kappa shape index (κ3) is 5.94. The van der Waals surface area contributed by atoms with Crippen molar-refractivity contribution in [1.29, 1.82) is 0 Å². The van der Waals surface area contributed by atoms with Crippen LogP contribution >= 0.6 is 0 Å². The summed E-state index contributed by atoms with van der Waals surface area (Å²) in [6, 6.07) is 0. The van der Waals surface area contributed by atoms with E-state index in [4.69, 9.17) is 0 Å². The highest BCUT2D eigenvalue weighted by Gasteiger charge is 2.29. The molecule has 1 amide bonds. The molecule has 0 aromatic heterocycles. The maximum absolute atomic E-state index is 11.8. The molecule has 5 nitrogen and oxygen atoms in total. The van der Waals surface area contributed by atoms with E-state index in [-0.39, 0.29) is 23.3 Å². The van der Waals surface area contributed by atoms with E-state index in [0.717, 1.165) is 18.9 Å². The van der Waals surface area contributed by atoms with Crippen LogP contribution in [-0.2, 0) is 14.6 Å². The number of rotatable bonds is 6. The number of carbonyl (C=O) groups excluding carboxylic acids is 1. The van der Waals surface area contributed by atoms with Gasteiger partial charge in [-0.2, -0.15) is 0 Å². The molecule has 0 saturated carbocycles. The van der Waals surface area contributed by atoms with Crippen LogP contribution in [0.25, 0.3) is 0 Å². The van der Waals surface area contributed by atoms with Gasteiger partial charge in [-0.3, -0.25) is 4.79 Å². The van der Waals surface area contributed by atoms with Crippen molar-refractivity contribution in [3.8, 4) is 0 Å². The Morgan fingerprint density at radius 1 is 1.24 bits per heavy atom. The van der Waals surface area contributed by atoms with Crippen LogP contribution in [0.3, 0.4) is 0 Å². The Morgan fingerprint density at radius 3 is 2.57 bits per heavy atom. The molecular weight excluding hydrogens is 288 g/mol. The van der Waals surface area contributed by atoms with E-state index in [1.54, 1.807) is 0 Å². The summed E-state index contributed by atoms with van der Waals surface area (Å²) in [7, 11) is -2.87. The zero-order valence-electron chi connectivity index (χ0n) is 13.0. The second-order valence-electron chi connectivity index (χ2n) is 6.70. The lowest BCUT2D eigenvalue weighted by Gasteiger charge is -2.30. The van der Waals surface area contributed by atoms with Gasteiger partial charge in [-0.05, 0) is 57.2 Å². The fourth-order valence-electron chi connectivity index (χ4n) is 3.18. The molecule has 0 bridgehead atoms. The van der Waals surface area contributed by atoms with Gasteiger partial charge in [0.1, 0.15) is 0 Å². The van der Waals surface area contributed by atoms with Gasteiger partial charge in [-0.15, -0.1) is 0 Å². The van der Waals surface area contributed by atoms with Gasteiger partial charge in [-0.25, -0.2) is 8.42 Å². The average molecular weight is 316 g/mol. The molecule has 1 N–H and O–H groups in total. The summed E-state index contributed by atoms with van der Waals surface area (Å²) < 4.78 is 22.7. The first kappa shape index (κ1) is 16.7. The van der Waals surface area contributed by atoms with Gasteiger partial charge in [0.25, 0.3) is 0 Å². The number of hydrogen-bond acceptors (Lipinski definition) is 4. The molecule has 2 heterocycles. The van der Waals surface area contributed by atoms with Gasteiger partial charge >= 0.3 is 0 Å². The number of amides is 1. The van der Waals surface area contributed by atoms with Crippen LogP contribution in [0.4, 0.5) is 0 Å². The Balaban J connectivity index is 1.53. The first-order valence-corrected chi connectivity index (χ1v) is 9.96. The monoisotopic (exact) mass is 316 g/mol. The minimum absolute atomic E-state index is 0.00404. The molecule has 0 aromatic carbocycles. The molecule has 0 spiro atoms. The van der Waals surface area contributed by atoms with E-state index in [1.165, 1.54) is 25.9 Å². The Labute approximate surface area is 128 Å². The fraction of sp³-hybridized carbons (Fsp3) is 0.933. The largest absolute Gasteiger partial charge is 0.356 e. The van der Waals surface area contributed by atoms with Crippen LogP contribution in [0.5, 0.6) is 0 Å². The van der Waals surface area contributed by atoms with Crippen molar-refractivity contribution in [1.82, 2.24) is 10.2 Å². The van der Waals surface area contributed by atoms with Crippen molar-refractivity contribution >= 4 is 15.7 Å². The normalized spacial score (nSPS) is 26.8. The molecule has 0 radical (unpaired) electrons. The number of likely N-dealkylation sites (tertiary alicyclic amines) is 1. The van der Waals surface area contributed by atoms with Crippen molar-refractivity contribution in [3.05, 3.63) is 0 Å². The summed E-state index contributed by atoms with van der Waals surface area (Å²) in [4.78, 5) is 14.3. The van der Waals surface area contributed by atoms with Crippen molar-refractivity contribution in [3.63, 3.8) is 0 Å². The smallest absolute Gasteiger partial charge is 0.220 e. The van der Waals surface area contributed by atoms with Gasteiger partial charge in [0, 0.05) is 13.0 Å². The van der Waals surface area contributed by atoms with E-state index in [1.807, 2.05) is 0 Å². The molecule has 1 atom stereocenters. The van der Waals surface area contributed by atoms with Crippen molar-refractivity contribution in [2.45, 2.75) is 39.0 Å². The Kier molecular flexibility index (Phi) is 6.05. The summed E-state index contributed by atoms with van der Waals surface area (Å²) in [5, 5.41) is 2.92. The molecule has 2 fully saturated rings. The molecule has 0 aromatic rings. The molecule has 122 valence electrons. The molecule has 2 rings (SSSR count). The Bertz CT molecular complexity index is 442. The van der Waals surface area contributed by atoms with Crippen LogP contribution in [0.15, 0.2) is 0 Å². The molecular formula is C15H28N2O3S. The molecule has 6 heteroatoms. The summed E-state index contributed by atoms with van der Waals surface area (Å²) in [6.45, 7) is 6.40. The lowest BCUT2D eigenvalue weighted by atomic mass is 9.99. The van der Waals surface area contributed by atoms with E-state index < -0.39 is 9.84 Å². The van der Waals surface area contributed by atoms with Crippen LogP contribution in [-0.4, -0.2) is 56.9 Å². The Hall–Kier alpha value is -0.620. The summed E-state index contributed by atoms with van der Waals surface area (Å²) in [6.07, 6.45) is 4.54. The van der Waals surface area contributed by atoms with Crippen LogP contribution in [0, 0.1) is 11.8 Å². The highest BCUT2D eigenvalue weighted by molar-refractivity contribution is 7.91. The SMILES string of the molecule is CC1CCN(CCCNC(=O)CC2CCS(=O)(=O)C2)CC1. The topological polar surface area (TPSA) is 66.5 Å². The average Bonchev–Trinajstić information content (AvgIpc) is 2.76. The van der Waals surface area contributed by atoms with E-state index in [2.05, 4.69) is 17.1 Å². The highest BCUT2D eigenvalue weighted by atomic mass is 32.2. The van der Waals surface area contributed by atoms with Gasteiger partial charge in [-0.1, -0.05) is 6.92 Å². The number of carbonyl (C=O) groups is 1. The predicted octanol–water partition coefficient (Wildman–Crippen LogP) is 1.05. The lowest BCUT2D eigenvalue weighted by molar-refractivity contribution is -0.121. The summed E-state index contributed by atoms with van der Waals surface area (Å²) in [5.41, 5.74) is 0. The van der Waals surface area contributed by atoms with Crippen LogP contribution in [0.1, 0.15) is 39.0 Å². The van der Waals surface area contributed by atoms with Crippen LogP contribution in [0.2, 0.25) is 0 Å². The van der Waals surface area contributed by atoms with Crippen molar-refractivity contribution in [2.24, 2.45) is 11.8 Å². The van der Waals surface area contributed by atoms with Crippen LogP contribution < -0.4 is 5.32 Å². The van der Waals surface area contributed by atoms with Crippen molar-refractivity contribution < 1.29 is 13.2 Å². The number of piperidine rings is 1. The maximum atomic E-state index is 11.8. The number of hydrogen-bond donors (Lipinski definition) is 1. The summed E-state index contributed by atoms with van der Waals surface area (Å²) in [5.74, 6) is 1.32. The lowest BCUT2D eigenvalue weighted by Crippen LogP contribution is -2.35. The minimum atomic E-state index is -2.87. The van der Waals surface area contributed by atoms with Crippen molar-refractivity contribution in [2.75, 3.05) is 37.7 Å². The molecule has 2 aliphatic heterocycles. The maximum Gasteiger partial charge on any atom is 0.220 e. The second-order valence-corrected chi connectivity index (χ2v) is 8.93. The first-order chi connectivity index (χ1) is 9.94. The number of sulfone groups is 1. The standard InChI is InChI=1S/C15H28N2O3S/c1-13-3-8-17(9-4-13)7-2-6-16-15(18)11-14-5-10-21(19,20)12-14/h13-14H,2-12H2,1H3,(H,16,18). The second kappa shape index (κ2) is 7.58. The molecule has 0 aliphatic carbocycles. The van der Waals surface area contributed by atoms with Gasteiger partial charge < -0.3 is 10.2 Å². The predicted molar refractivity (Wildman–Crippen MR) is 83.8 cm³/mol. The molecule has 2 aliphatic rings. The quantitative estimate of drug-likeness (QED) is 0.744. The van der Waals surface area contributed by atoms with Gasteiger partial charge in [0.15, 0.2) is 9.84 Å². The molecule has 21 heavy (non-hydrogen) atoms. The zero-order chi connectivity index (χ0) is 15.3. The van der Waals surface area contributed by atoms with Gasteiger partial charge in [0.05, 0.1) is 11.5 Å². The van der Waals surface area contributed by atoms with E-state index in [9.17, 15) is 13.2 Å². The Morgan fingerprint density at radius 2 is 1.95 bits per heavy atom. The zero-order valence-corrected chi connectivity index (χ0v) is 13.8. The third-order valence-corrected chi connectivity index (χ3v) is 6.49. The van der Waals surface area contributed by atoms with Gasteiger partial charge in [0.2, 0.25) is 5.91 Å².